The van der Waals surface area contributed by atoms with Gasteiger partial charge in [-0.05, 0) is 32.3 Å². The number of carbonyl (C=O) groups excluding carboxylic acids is 2. The summed E-state index contributed by atoms with van der Waals surface area (Å²) in [7, 11) is 0. The zero-order valence-corrected chi connectivity index (χ0v) is 14.1. The number of ether oxygens (including phenoxy) is 1. The number of aliphatic carboxylic acids is 1. The molecule has 104 valence electrons. The van der Waals surface area contributed by atoms with Gasteiger partial charge in [-0.15, -0.1) is 0 Å². The third-order valence-corrected chi connectivity index (χ3v) is 2.64. The van der Waals surface area contributed by atoms with Crippen molar-refractivity contribution in [3.8, 4) is 0 Å². The number of hydrogen-bond donors (Lipinski definition) is 1. The van der Waals surface area contributed by atoms with Crippen LogP contribution in [0, 0.1) is 0 Å². The van der Waals surface area contributed by atoms with Gasteiger partial charge in [-0.25, -0.2) is 4.79 Å². The van der Waals surface area contributed by atoms with Gasteiger partial charge in [0.05, 0.1) is 18.6 Å². The van der Waals surface area contributed by atoms with Crippen molar-refractivity contribution in [2.24, 2.45) is 0 Å². The number of carbonyl (C=O) groups is 2. The molecule has 0 radical (unpaired) electrons. The van der Waals surface area contributed by atoms with Gasteiger partial charge in [0.1, 0.15) is 0 Å². The fourth-order valence-electron chi connectivity index (χ4n) is 1.79. The van der Waals surface area contributed by atoms with E-state index in [9.17, 15) is 14.7 Å². The van der Waals surface area contributed by atoms with Gasteiger partial charge in [-0.1, -0.05) is 18.2 Å². The second-order valence-corrected chi connectivity index (χ2v) is 4.17. The van der Waals surface area contributed by atoms with Crippen LogP contribution in [0.4, 0.5) is 0 Å². The Kier molecular flexibility index (Phi) is 9.29. The summed E-state index contributed by atoms with van der Waals surface area (Å²) in [6.45, 7) is 3.60. The monoisotopic (exact) mass is 287 g/mol. The molecular formula is C14H18NNaO4. The second kappa shape index (κ2) is 9.80. The van der Waals surface area contributed by atoms with Crippen LogP contribution in [0.1, 0.15) is 26.7 Å². The van der Waals surface area contributed by atoms with E-state index in [2.05, 4.69) is 5.32 Å². The molecule has 0 fully saturated rings. The molecule has 0 saturated carbocycles. The summed E-state index contributed by atoms with van der Waals surface area (Å²) < 4.78 is 4.76. The Hall–Kier alpha value is -1.04. The first-order valence-corrected chi connectivity index (χ1v) is 6.21. The van der Waals surface area contributed by atoms with Crippen LogP contribution in [0.3, 0.4) is 0 Å². The summed E-state index contributed by atoms with van der Waals surface area (Å²) >= 11 is 0. The zero-order chi connectivity index (χ0) is 14.3. The fourth-order valence-corrected chi connectivity index (χ4v) is 1.79. The van der Waals surface area contributed by atoms with E-state index in [0.717, 1.165) is 5.57 Å². The largest absolute Gasteiger partial charge is 1.00 e. The molecule has 0 heterocycles. The maximum atomic E-state index is 11.3. The summed E-state index contributed by atoms with van der Waals surface area (Å²) in [6.07, 6.45) is 8.25. The van der Waals surface area contributed by atoms with Gasteiger partial charge in [-0.3, -0.25) is 0 Å². The average Bonchev–Trinajstić information content (AvgIpc) is 2.37. The molecule has 0 saturated heterocycles. The standard InChI is InChI=1S/C14H19NO4.Na/c1-3-19-12(16)9-10(2)15-13(14(17)18)11-7-5-4-6-8-11;/h4-5,8-9,13,15H,3,6-7H2,1-2H3,(H,17,18);/q;+1/p-1/b10-9+;/t13-;/m1./s1. The molecule has 0 aromatic carbocycles. The van der Waals surface area contributed by atoms with E-state index >= 15 is 0 Å². The molecule has 1 aliphatic rings. The molecule has 1 rings (SSSR count). The van der Waals surface area contributed by atoms with Crippen molar-refractivity contribution in [1.82, 2.24) is 5.32 Å². The van der Waals surface area contributed by atoms with Crippen molar-refractivity contribution in [2.75, 3.05) is 6.61 Å². The van der Waals surface area contributed by atoms with E-state index < -0.39 is 18.0 Å². The van der Waals surface area contributed by atoms with Crippen molar-refractivity contribution in [3.05, 3.63) is 35.6 Å². The number of rotatable bonds is 6. The topological polar surface area (TPSA) is 78.5 Å². The molecule has 5 nitrogen and oxygen atoms in total. The van der Waals surface area contributed by atoms with E-state index in [0.29, 0.717) is 18.5 Å². The summed E-state index contributed by atoms with van der Waals surface area (Å²) in [5.41, 5.74) is 1.17. The molecule has 1 N–H and O–H groups in total. The van der Waals surface area contributed by atoms with E-state index in [1.807, 2.05) is 18.2 Å². The van der Waals surface area contributed by atoms with Gasteiger partial charge >= 0.3 is 35.5 Å². The van der Waals surface area contributed by atoms with Gasteiger partial charge < -0.3 is 20.0 Å². The Morgan fingerprint density at radius 2 is 2.20 bits per heavy atom. The average molecular weight is 287 g/mol. The first kappa shape index (κ1) is 19.0. The molecular weight excluding hydrogens is 269 g/mol. The quantitative estimate of drug-likeness (QED) is 0.252. The molecule has 0 amide bonds. The predicted molar refractivity (Wildman–Crippen MR) is 68.8 cm³/mol. The number of carboxylic acid groups (broad SMARTS) is 1. The SMILES string of the molecule is CCOC(=O)/C=C(\C)N[C@@H](C(=O)[O-])C1=CCC=CC1.[Na+]. The van der Waals surface area contributed by atoms with Gasteiger partial charge in [0.2, 0.25) is 0 Å². The van der Waals surface area contributed by atoms with E-state index in [1.165, 1.54) is 6.08 Å². The van der Waals surface area contributed by atoms with Crippen molar-refractivity contribution in [1.29, 1.82) is 0 Å². The molecule has 6 heteroatoms. The summed E-state index contributed by atoms with van der Waals surface area (Å²) in [5.74, 6) is -1.71. The molecule has 0 aliphatic heterocycles. The van der Waals surface area contributed by atoms with Crippen molar-refractivity contribution >= 4 is 11.9 Å². The second-order valence-electron chi connectivity index (χ2n) is 4.17. The Labute approximate surface area is 141 Å². The normalized spacial score (nSPS) is 15.7. The molecule has 0 aromatic heterocycles. The van der Waals surface area contributed by atoms with Gasteiger partial charge in [0.25, 0.3) is 0 Å². The predicted octanol–water partition coefficient (Wildman–Crippen LogP) is -2.56. The maximum absolute atomic E-state index is 11.3. The van der Waals surface area contributed by atoms with Crippen LogP contribution in [0.25, 0.3) is 0 Å². The Bertz CT molecular complexity index is 440. The number of hydrogen-bond acceptors (Lipinski definition) is 5. The number of nitrogens with one attached hydrogen (secondary N) is 1. The number of allylic oxidation sites excluding steroid dienone is 4. The number of esters is 1. The molecule has 20 heavy (non-hydrogen) atoms. The first-order valence-electron chi connectivity index (χ1n) is 6.21. The van der Waals surface area contributed by atoms with Crippen molar-refractivity contribution in [3.63, 3.8) is 0 Å². The summed E-state index contributed by atoms with van der Waals surface area (Å²) in [6, 6.07) is -0.921. The number of carboxylic acids is 1. The summed E-state index contributed by atoms with van der Waals surface area (Å²) in [5, 5.41) is 13.9. The van der Waals surface area contributed by atoms with Crippen molar-refractivity contribution in [2.45, 2.75) is 32.7 Å². The maximum Gasteiger partial charge on any atom is 1.00 e. The minimum atomic E-state index is -1.21. The van der Waals surface area contributed by atoms with Crippen LogP contribution in [0.15, 0.2) is 35.6 Å². The van der Waals surface area contributed by atoms with E-state index in [-0.39, 0.29) is 36.2 Å². The Morgan fingerprint density at radius 3 is 2.70 bits per heavy atom. The minimum Gasteiger partial charge on any atom is -0.548 e. The van der Waals surface area contributed by atoms with Crippen LogP contribution in [0.2, 0.25) is 0 Å². The Balaban J connectivity index is 0.00000361. The Morgan fingerprint density at radius 1 is 1.50 bits per heavy atom. The minimum absolute atomic E-state index is 0. The van der Waals surface area contributed by atoms with Gasteiger partial charge in [-0.2, -0.15) is 0 Å². The van der Waals surface area contributed by atoms with Crippen LogP contribution in [-0.2, 0) is 14.3 Å². The third-order valence-electron chi connectivity index (χ3n) is 2.64. The van der Waals surface area contributed by atoms with E-state index in [4.69, 9.17) is 4.74 Å². The molecule has 0 unspecified atom stereocenters. The van der Waals surface area contributed by atoms with Crippen molar-refractivity contribution < 1.29 is 49.0 Å². The molecule has 0 spiro atoms. The third kappa shape index (κ3) is 6.41. The zero-order valence-electron chi connectivity index (χ0n) is 12.1. The molecule has 1 aliphatic carbocycles. The van der Waals surface area contributed by atoms with Crippen LogP contribution in [-0.4, -0.2) is 24.6 Å². The molecule has 0 bridgehead atoms. The molecule has 0 aromatic rings. The fraction of sp³-hybridized carbons (Fsp3) is 0.429. The van der Waals surface area contributed by atoms with Gasteiger partial charge in [0.15, 0.2) is 0 Å². The van der Waals surface area contributed by atoms with Crippen LogP contribution >= 0.6 is 0 Å². The first-order chi connectivity index (χ1) is 9.04. The van der Waals surface area contributed by atoms with E-state index in [1.54, 1.807) is 13.8 Å². The van der Waals surface area contributed by atoms with Crippen LogP contribution in [0.5, 0.6) is 0 Å². The summed E-state index contributed by atoms with van der Waals surface area (Å²) in [4.78, 5) is 22.4. The molecule has 1 atom stereocenters. The smallest absolute Gasteiger partial charge is 0.548 e. The van der Waals surface area contributed by atoms with Crippen LogP contribution < -0.4 is 40.0 Å². The van der Waals surface area contributed by atoms with Gasteiger partial charge in [0, 0.05) is 11.8 Å².